The van der Waals surface area contributed by atoms with Gasteiger partial charge >= 0.3 is 0 Å². The molecule has 3 heterocycles. The Hall–Kier alpha value is -3.32. The molecule has 0 bridgehead atoms. The van der Waals surface area contributed by atoms with Crippen molar-refractivity contribution in [1.29, 1.82) is 0 Å². The van der Waals surface area contributed by atoms with Crippen molar-refractivity contribution in [2.45, 2.75) is 19.5 Å². The molecule has 3 aromatic rings. The maximum Gasteiger partial charge on any atom is 0.296 e. The summed E-state index contributed by atoms with van der Waals surface area (Å²) in [5.74, 6) is -0.372. The highest BCUT2D eigenvalue weighted by Gasteiger charge is 2.47. The first-order chi connectivity index (χ1) is 14.0. The van der Waals surface area contributed by atoms with Crippen LogP contribution in [0.4, 0.5) is 0 Å². The van der Waals surface area contributed by atoms with E-state index in [0.717, 1.165) is 10.4 Å². The molecule has 0 spiro atoms. The van der Waals surface area contributed by atoms with Gasteiger partial charge in [0.25, 0.3) is 11.7 Å². The van der Waals surface area contributed by atoms with E-state index in [1.165, 1.54) is 22.5 Å². The number of likely N-dealkylation sites (tertiary alicyclic amines) is 1. The van der Waals surface area contributed by atoms with Gasteiger partial charge in [-0.1, -0.05) is 0 Å². The molecule has 6 nitrogen and oxygen atoms in total. The number of carbonyl (C=O) groups excluding carboxylic acids is 2. The second kappa shape index (κ2) is 7.60. The number of methoxy groups -OCH3 is 1. The molecule has 1 N–H and O–H groups in total. The molecule has 2 aromatic heterocycles. The minimum atomic E-state index is -0.706. The van der Waals surface area contributed by atoms with Crippen molar-refractivity contribution in [3.63, 3.8) is 0 Å². The Bertz CT molecular complexity index is 1080. The molecule has 1 unspecified atom stereocenters. The van der Waals surface area contributed by atoms with Crippen LogP contribution >= 0.6 is 11.3 Å². The number of ketones is 1. The highest BCUT2D eigenvalue weighted by atomic mass is 32.1. The fraction of sp³-hybridized carbons (Fsp3) is 0.182. The van der Waals surface area contributed by atoms with E-state index in [-0.39, 0.29) is 17.9 Å². The van der Waals surface area contributed by atoms with Crippen LogP contribution in [0.3, 0.4) is 0 Å². The third-order valence-corrected chi connectivity index (χ3v) is 6.03. The lowest BCUT2D eigenvalue weighted by molar-refractivity contribution is -0.140. The second-order valence-electron chi connectivity index (χ2n) is 6.70. The SMILES string of the molecule is COc1ccc(/C(O)=C2\C(=O)C(=O)N(Cc3ccco3)C2c2sccc2C)cc1. The molecule has 0 radical (unpaired) electrons. The van der Waals surface area contributed by atoms with Crippen LogP contribution in [0.15, 0.2) is 64.1 Å². The van der Waals surface area contributed by atoms with E-state index in [9.17, 15) is 14.7 Å². The molecule has 0 saturated carbocycles. The lowest BCUT2D eigenvalue weighted by atomic mass is 9.98. The van der Waals surface area contributed by atoms with E-state index < -0.39 is 17.7 Å². The summed E-state index contributed by atoms with van der Waals surface area (Å²) in [6, 6.07) is 11.4. The summed E-state index contributed by atoms with van der Waals surface area (Å²) in [5, 5.41) is 12.9. The first-order valence-electron chi connectivity index (χ1n) is 9.00. The number of aryl methyl sites for hydroxylation is 1. The van der Waals surface area contributed by atoms with E-state index in [0.29, 0.717) is 17.1 Å². The van der Waals surface area contributed by atoms with Crippen LogP contribution in [0.1, 0.15) is 27.8 Å². The topological polar surface area (TPSA) is 80.0 Å². The van der Waals surface area contributed by atoms with Gasteiger partial charge in [0.2, 0.25) is 0 Å². The lowest BCUT2D eigenvalue weighted by Crippen LogP contribution is -2.28. The molecule has 1 atom stereocenters. The van der Waals surface area contributed by atoms with Gasteiger partial charge in [0.15, 0.2) is 0 Å². The normalized spacial score (nSPS) is 18.4. The number of aliphatic hydroxyl groups excluding tert-OH is 1. The van der Waals surface area contributed by atoms with Gasteiger partial charge in [-0.25, -0.2) is 0 Å². The van der Waals surface area contributed by atoms with Crippen LogP contribution in [0.5, 0.6) is 5.75 Å². The largest absolute Gasteiger partial charge is 0.507 e. The molecule has 1 aliphatic heterocycles. The highest BCUT2D eigenvalue weighted by molar-refractivity contribution is 7.10. The average Bonchev–Trinajstić information content (AvgIpc) is 3.45. The van der Waals surface area contributed by atoms with E-state index in [4.69, 9.17) is 9.15 Å². The number of benzene rings is 1. The van der Waals surface area contributed by atoms with E-state index >= 15 is 0 Å². The Morgan fingerprint density at radius 2 is 1.97 bits per heavy atom. The number of furan rings is 1. The number of Topliss-reactive ketones (excluding diaryl/α,β-unsaturated/α-hetero) is 1. The smallest absolute Gasteiger partial charge is 0.296 e. The summed E-state index contributed by atoms with van der Waals surface area (Å²) in [7, 11) is 1.55. The average molecular weight is 409 g/mol. The zero-order chi connectivity index (χ0) is 20.5. The molecule has 29 heavy (non-hydrogen) atoms. The number of ether oxygens (including phenoxy) is 1. The van der Waals surface area contributed by atoms with Crippen molar-refractivity contribution < 1.29 is 23.8 Å². The molecule has 1 aliphatic rings. The Morgan fingerprint density at radius 1 is 1.21 bits per heavy atom. The number of rotatable bonds is 5. The van der Waals surface area contributed by atoms with Crippen molar-refractivity contribution in [3.8, 4) is 5.75 Å². The molecule has 1 aromatic carbocycles. The van der Waals surface area contributed by atoms with Crippen molar-refractivity contribution >= 4 is 28.8 Å². The Labute approximate surface area is 171 Å². The number of aliphatic hydroxyl groups is 1. The summed E-state index contributed by atoms with van der Waals surface area (Å²) < 4.78 is 10.5. The third kappa shape index (κ3) is 3.34. The van der Waals surface area contributed by atoms with Crippen LogP contribution < -0.4 is 4.74 Å². The lowest BCUT2D eigenvalue weighted by Gasteiger charge is -2.24. The summed E-state index contributed by atoms with van der Waals surface area (Å²) in [5.41, 5.74) is 1.48. The second-order valence-corrected chi connectivity index (χ2v) is 7.65. The van der Waals surface area contributed by atoms with Gasteiger partial charge < -0.3 is 19.2 Å². The van der Waals surface area contributed by atoms with Gasteiger partial charge in [0, 0.05) is 10.4 Å². The zero-order valence-electron chi connectivity index (χ0n) is 15.9. The highest BCUT2D eigenvalue weighted by Crippen LogP contribution is 2.43. The minimum absolute atomic E-state index is 0.0808. The predicted molar refractivity (Wildman–Crippen MR) is 109 cm³/mol. The van der Waals surface area contributed by atoms with E-state index in [1.54, 1.807) is 43.5 Å². The Balaban J connectivity index is 1.84. The van der Waals surface area contributed by atoms with Gasteiger partial charge in [-0.15, -0.1) is 11.3 Å². The van der Waals surface area contributed by atoms with E-state index in [1.807, 2.05) is 18.4 Å². The van der Waals surface area contributed by atoms with Gasteiger partial charge in [-0.2, -0.15) is 0 Å². The summed E-state index contributed by atoms with van der Waals surface area (Å²) in [6.45, 7) is 2.06. The maximum atomic E-state index is 12.9. The first kappa shape index (κ1) is 19.0. The van der Waals surface area contributed by atoms with Gasteiger partial charge in [-0.3, -0.25) is 9.59 Å². The van der Waals surface area contributed by atoms with Crippen LogP contribution in [0.25, 0.3) is 5.76 Å². The number of amides is 1. The number of hydrogen-bond donors (Lipinski definition) is 1. The molecule has 148 valence electrons. The summed E-state index contributed by atoms with van der Waals surface area (Å²) >= 11 is 1.45. The molecule has 1 fully saturated rings. The van der Waals surface area contributed by atoms with Crippen molar-refractivity contribution in [1.82, 2.24) is 4.90 Å². The number of hydrogen-bond acceptors (Lipinski definition) is 6. The fourth-order valence-corrected chi connectivity index (χ4v) is 4.50. The van der Waals surface area contributed by atoms with Crippen molar-refractivity contribution in [3.05, 3.63) is 81.4 Å². The van der Waals surface area contributed by atoms with Gasteiger partial charge in [-0.05, 0) is 60.3 Å². The summed E-state index contributed by atoms with van der Waals surface area (Å²) in [6.07, 6.45) is 1.52. The Kier molecular flexibility index (Phi) is 4.98. The van der Waals surface area contributed by atoms with Crippen LogP contribution in [-0.2, 0) is 16.1 Å². The molecular formula is C22H19NO5S. The molecule has 1 saturated heterocycles. The van der Waals surface area contributed by atoms with Crippen molar-refractivity contribution in [2.75, 3.05) is 7.11 Å². The molecule has 4 rings (SSSR count). The molecule has 7 heteroatoms. The maximum absolute atomic E-state index is 12.9. The standard InChI is InChI=1S/C22H19NO5S/c1-13-9-11-29-21(13)18-17(19(24)14-5-7-15(27-2)8-6-14)20(25)22(26)23(18)12-16-4-3-10-28-16/h3-11,18,24H,12H2,1-2H3/b19-17+. The fourth-order valence-electron chi connectivity index (χ4n) is 3.46. The number of carbonyl (C=O) groups is 2. The third-order valence-electron chi connectivity index (χ3n) is 4.96. The first-order valence-corrected chi connectivity index (χ1v) is 9.88. The van der Waals surface area contributed by atoms with Crippen molar-refractivity contribution in [2.24, 2.45) is 0 Å². The van der Waals surface area contributed by atoms with Gasteiger partial charge in [0.1, 0.15) is 23.3 Å². The number of thiophene rings is 1. The predicted octanol–water partition coefficient (Wildman–Crippen LogP) is 4.28. The minimum Gasteiger partial charge on any atom is -0.507 e. The summed E-state index contributed by atoms with van der Waals surface area (Å²) in [4.78, 5) is 28.1. The molecular weight excluding hydrogens is 390 g/mol. The van der Waals surface area contributed by atoms with Gasteiger partial charge in [0.05, 0.1) is 25.5 Å². The number of nitrogens with zero attached hydrogens (tertiary/aromatic N) is 1. The molecule has 1 amide bonds. The Morgan fingerprint density at radius 3 is 2.55 bits per heavy atom. The molecule has 0 aliphatic carbocycles. The van der Waals surface area contributed by atoms with E-state index in [2.05, 4.69) is 0 Å². The van der Waals surface area contributed by atoms with Crippen LogP contribution in [0.2, 0.25) is 0 Å². The quantitative estimate of drug-likeness (QED) is 0.387. The van der Waals surface area contributed by atoms with Crippen LogP contribution in [-0.4, -0.2) is 28.8 Å². The van der Waals surface area contributed by atoms with Crippen LogP contribution in [0, 0.1) is 6.92 Å². The monoisotopic (exact) mass is 409 g/mol. The zero-order valence-corrected chi connectivity index (χ0v) is 16.7.